The van der Waals surface area contributed by atoms with Crippen molar-refractivity contribution in [2.45, 2.75) is 19.3 Å². The second-order valence-corrected chi connectivity index (χ2v) is 4.44. The molecule has 0 saturated carbocycles. The summed E-state index contributed by atoms with van der Waals surface area (Å²) < 4.78 is 0. The highest BCUT2D eigenvalue weighted by atomic mass is 16.2. The van der Waals surface area contributed by atoms with Gasteiger partial charge in [-0.2, -0.15) is 0 Å². The average Bonchev–Trinajstić information content (AvgIpc) is 2.57. The Morgan fingerprint density at radius 2 is 2.16 bits per heavy atom. The fraction of sp³-hybridized carbons (Fsp3) is 0.333. The second kappa shape index (κ2) is 6.05. The minimum atomic E-state index is -0.233. The van der Waals surface area contributed by atoms with E-state index in [2.05, 4.69) is 11.2 Å². The summed E-state index contributed by atoms with van der Waals surface area (Å²) >= 11 is 0. The molecule has 1 N–H and O–H groups in total. The molecule has 19 heavy (non-hydrogen) atoms. The number of benzene rings is 1. The van der Waals surface area contributed by atoms with Crippen molar-refractivity contribution >= 4 is 17.5 Å². The van der Waals surface area contributed by atoms with Crippen molar-refractivity contribution in [3.63, 3.8) is 0 Å². The molecule has 0 aromatic heterocycles. The normalized spacial score (nSPS) is 14.3. The van der Waals surface area contributed by atoms with E-state index in [9.17, 15) is 9.59 Å². The van der Waals surface area contributed by atoms with Crippen LogP contribution in [0.1, 0.15) is 18.4 Å². The summed E-state index contributed by atoms with van der Waals surface area (Å²) in [5.41, 5.74) is 1.94. The molecule has 2 rings (SSSR count). The topological polar surface area (TPSA) is 49.4 Å². The molecule has 1 heterocycles. The molecule has 4 heteroatoms. The van der Waals surface area contributed by atoms with E-state index in [0.717, 1.165) is 24.1 Å². The molecule has 1 aliphatic heterocycles. The zero-order chi connectivity index (χ0) is 13.7. The van der Waals surface area contributed by atoms with Crippen molar-refractivity contribution in [1.82, 2.24) is 5.32 Å². The molecule has 0 aliphatic carbocycles. The van der Waals surface area contributed by atoms with E-state index < -0.39 is 0 Å². The molecule has 1 aromatic rings. The van der Waals surface area contributed by atoms with Gasteiger partial charge in [0.05, 0.1) is 6.54 Å². The Morgan fingerprint density at radius 3 is 2.95 bits per heavy atom. The molecule has 0 spiro atoms. The van der Waals surface area contributed by atoms with Crippen molar-refractivity contribution in [1.29, 1.82) is 0 Å². The van der Waals surface area contributed by atoms with E-state index in [0.29, 0.717) is 6.42 Å². The van der Waals surface area contributed by atoms with Crippen molar-refractivity contribution in [3.8, 4) is 12.3 Å². The van der Waals surface area contributed by atoms with Crippen LogP contribution in [0.5, 0.6) is 0 Å². The van der Waals surface area contributed by atoms with Crippen molar-refractivity contribution in [2.24, 2.45) is 0 Å². The van der Waals surface area contributed by atoms with Crippen LogP contribution in [0.25, 0.3) is 0 Å². The predicted octanol–water partition coefficient (Wildman–Crippen LogP) is 1.11. The van der Waals surface area contributed by atoms with E-state index >= 15 is 0 Å². The van der Waals surface area contributed by atoms with Crippen LogP contribution in [-0.2, 0) is 16.0 Å². The Labute approximate surface area is 112 Å². The molecule has 98 valence electrons. The van der Waals surface area contributed by atoms with Gasteiger partial charge in [-0.25, -0.2) is 0 Å². The number of aryl methyl sites for hydroxylation is 1. The van der Waals surface area contributed by atoms with Crippen LogP contribution in [0.15, 0.2) is 24.3 Å². The van der Waals surface area contributed by atoms with Crippen LogP contribution in [0.3, 0.4) is 0 Å². The predicted molar refractivity (Wildman–Crippen MR) is 73.6 cm³/mol. The van der Waals surface area contributed by atoms with Crippen LogP contribution in [0.4, 0.5) is 5.69 Å². The summed E-state index contributed by atoms with van der Waals surface area (Å²) in [6, 6.07) is 7.71. The van der Waals surface area contributed by atoms with Crippen LogP contribution in [0.2, 0.25) is 0 Å². The van der Waals surface area contributed by atoms with Crippen LogP contribution >= 0.6 is 0 Å². The highest BCUT2D eigenvalue weighted by Crippen LogP contribution is 2.26. The Balaban J connectivity index is 2.20. The van der Waals surface area contributed by atoms with Gasteiger partial charge in [0.1, 0.15) is 6.54 Å². The largest absolute Gasteiger partial charge is 0.344 e. The molecule has 1 aliphatic rings. The third-order valence-electron chi connectivity index (χ3n) is 3.11. The van der Waals surface area contributed by atoms with Gasteiger partial charge >= 0.3 is 0 Å². The number of hydrogen-bond donors (Lipinski definition) is 1. The van der Waals surface area contributed by atoms with Gasteiger partial charge in [0.25, 0.3) is 0 Å². The van der Waals surface area contributed by atoms with Gasteiger partial charge in [-0.05, 0) is 24.5 Å². The lowest BCUT2D eigenvalue weighted by molar-refractivity contribution is -0.123. The number of rotatable bonds is 3. The highest BCUT2D eigenvalue weighted by molar-refractivity contribution is 5.99. The quantitative estimate of drug-likeness (QED) is 0.823. The fourth-order valence-electron chi connectivity index (χ4n) is 2.21. The van der Waals surface area contributed by atoms with E-state index in [4.69, 9.17) is 6.42 Å². The first kappa shape index (κ1) is 13.2. The molecule has 0 unspecified atom stereocenters. The average molecular weight is 256 g/mol. The van der Waals surface area contributed by atoms with Crippen LogP contribution < -0.4 is 10.2 Å². The number of para-hydroxylation sites is 1. The van der Waals surface area contributed by atoms with Gasteiger partial charge in [-0.15, -0.1) is 6.42 Å². The first-order valence-electron chi connectivity index (χ1n) is 6.31. The van der Waals surface area contributed by atoms with Gasteiger partial charge in [0.15, 0.2) is 0 Å². The van der Waals surface area contributed by atoms with E-state index in [-0.39, 0.29) is 24.9 Å². The Bertz CT molecular complexity index is 531. The maximum atomic E-state index is 12.1. The molecule has 0 fully saturated rings. The summed E-state index contributed by atoms with van der Waals surface area (Å²) in [6.07, 6.45) is 7.25. The van der Waals surface area contributed by atoms with Crippen LogP contribution in [-0.4, -0.2) is 24.9 Å². The van der Waals surface area contributed by atoms with E-state index in [1.807, 2.05) is 24.3 Å². The molecule has 0 bridgehead atoms. The zero-order valence-electron chi connectivity index (χ0n) is 10.7. The monoisotopic (exact) mass is 256 g/mol. The zero-order valence-corrected chi connectivity index (χ0v) is 10.7. The van der Waals surface area contributed by atoms with Crippen LogP contribution in [0, 0.1) is 12.3 Å². The van der Waals surface area contributed by atoms with Crippen molar-refractivity contribution < 1.29 is 9.59 Å². The van der Waals surface area contributed by atoms with Gasteiger partial charge < -0.3 is 10.2 Å². The molecule has 1 aromatic carbocycles. The Kier molecular flexibility index (Phi) is 4.19. The van der Waals surface area contributed by atoms with Gasteiger partial charge in [-0.1, -0.05) is 24.1 Å². The second-order valence-electron chi connectivity index (χ2n) is 4.44. The number of hydrogen-bond acceptors (Lipinski definition) is 2. The van der Waals surface area contributed by atoms with E-state index in [1.54, 1.807) is 4.90 Å². The highest BCUT2D eigenvalue weighted by Gasteiger charge is 2.23. The van der Waals surface area contributed by atoms with E-state index in [1.165, 1.54) is 0 Å². The maximum absolute atomic E-state index is 12.1. The Hall–Kier alpha value is -2.28. The van der Waals surface area contributed by atoms with Gasteiger partial charge in [-0.3, -0.25) is 9.59 Å². The third-order valence-corrected chi connectivity index (χ3v) is 3.11. The number of amides is 2. The number of nitrogens with one attached hydrogen (secondary N) is 1. The smallest absolute Gasteiger partial charge is 0.240 e. The number of fused-ring (bicyclic) bond motifs is 1. The summed E-state index contributed by atoms with van der Waals surface area (Å²) in [5.74, 6) is 2.10. The number of carbonyl (C=O) groups excluding carboxylic acids is 2. The molecule has 4 nitrogen and oxygen atoms in total. The summed E-state index contributed by atoms with van der Waals surface area (Å²) in [5, 5.41) is 2.58. The summed E-state index contributed by atoms with van der Waals surface area (Å²) in [6.45, 7) is 0.208. The molecule has 2 amide bonds. The molecular formula is C15H16N2O2. The molecule has 0 atom stereocenters. The lowest BCUT2D eigenvalue weighted by Crippen LogP contribution is -2.40. The SMILES string of the molecule is C#CCNC(=O)CN1C(=O)CCCc2ccccc21. The lowest BCUT2D eigenvalue weighted by Gasteiger charge is -2.22. The molecule has 0 saturated heterocycles. The minimum absolute atomic E-state index is 0.0131. The number of nitrogens with zero attached hydrogens (tertiary/aromatic N) is 1. The standard InChI is InChI=1S/C15H16N2O2/c1-2-10-16-14(18)11-17-13-8-4-3-6-12(13)7-5-9-15(17)19/h1,3-4,6,8H,5,7,9-11H2,(H,16,18). The van der Waals surface area contributed by atoms with Gasteiger partial charge in [0.2, 0.25) is 11.8 Å². The maximum Gasteiger partial charge on any atom is 0.240 e. The first-order valence-corrected chi connectivity index (χ1v) is 6.31. The first-order chi connectivity index (χ1) is 9.22. The Morgan fingerprint density at radius 1 is 1.37 bits per heavy atom. The van der Waals surface area contributed by atoms with Gasteiger partial charge in [0, 0.05) is 12.1 Å². The van der Waals surface area contributed by atoms with Crippen molar-refractivity contribution in [2.75, 3.05) is 18.0 Å². The molecular weight excluding hydrogens is 240 g/mol. The van der Waals surface area contributed by atoms with Crippen molar-refractivity contribution in [3.05, 3.63) is 29.8 Å². The minimum Gasteiger partial charge on any atom is -0.344 e. The fourth-order valence-corrected chi connectivity index (χ4v) is 2.21. The number of carbonyl (C=O) groups is 2. The lowest BCUT2D eigenvalue weighted by atomic mass is 10.1. The summed E-state index contributed by atoms with van der Waals surface area (Å²) in [4.78, 5) is 25.4. The third kappa shape index (κ3) is 3.14. The summed E-state index contributed by atoms with van der Waals surface area (Å²) in [7, 11) is 0. The number of terminal acetylenes is 1. The number of anilines is 1. The molecule has 0 radical (unpaired) electrons.